The van der Waals surface area contributed by atoms with Crippen molar-refractivity contribution in [3.63, 3.8) is 0 Å². The Morgan fingerprint density at radius 2 is 1.64 bits per heavy atom. The van der Waals surface area contributed by atoms with E-state index in [1.54, 1.807) is 0 Å². The monoisotopic (exact) mass is 358 g/mol. The van der Waals surface area contributed by atoms with Crippen LogP contribution in [-0.2, 0) is 19.6 Å². The fraction of sp³-hybridized carbons (Fsp3) is 0.222. The second-order valence-corrected chi connectivity index (χ2v) is 7.72. The lowest BCUT2D eigenvalue weighted by Crippen LogP contribution is -2.28. The second-order valence-electron chi connectivity index (χ2n) is 6.03. The summed E-state index contributed by atoms with van der Waals surface area (Å²) in [6.07, 6.45) is 0.810. The van der Waals surface area contributed by atoms with Crippen LogP contribution in [0.25, 0.3) is 0 Å². The van der Waals surface area contributed by atoms with Crippen LogP contribution in [0.15, 0.2) is 59.5 Å². The van der Waals surface area contributed by atoms with E-state index in [0.29, 0.717) is 5.69 Å². The smallest absolute Gasteiger partial charge is 0.264 e. The zero-order chi connectivity index (χ0) is 18.0. The summed E-state index contributed by atoms with van der Waals surface area (Å²) < 4.78 is 25.6. The molecule has 2 aromatic rings. The maximum absolute atomic E-state index is 12.3. The zero-order valence-corrected chi connectivity index (χ0v) is 14.4. The molecule has 1 aliphatic carbocycles. The number of benzene rings is 2. The quantitative estimate of drug-likeness (QED) is 0.857. The van der Waals surface area contributed by atoms with Gasteiger partial charge in [0.25, 0.3) is 10.0 Å². The van der Waals surface area contributed by atoms with E-state index in [-0.39, 0.29) is 22.6 Å². The lowest BCUT2D eigenvalue weighted by atomic mass is 10.1. The van der Waals surface area contributed by atoms with Crippen LogP contribution in [0.4, 0.5) is 5.69 Å². The maximum atomic E-state index is 12.3. The molecule has 1 saturated carbocycles. The molecule has 0 spiro atoms. The number of carbonyl (C=O) groups excluding carboxylic acids is 2. The highest BCUT2D eigenvalue weighted by atomic mass is 32.2. The summed E-state index contributed by atoms with van der Waals surface area (Å²) in [6.45, 7) is 1.13. The van der Waals surface area contributed by atoms with Gasteiger partial charge in [-0.2, -0.15) is 0 Å². The number of hydrogen-bond donors (Lipinski definition) is 2. The van der Waals surface area contributed by atoms with Gasteiger partial charge in [-0.1, -0.05) is 30.3 Å². The second kappa shape index (κ2) is 6.68. The SMILES string of the molecule is CC(=O)NS(=O)(=O)c1ccc(NC(=O)[C@H]2C[C@H]2c2ccccc2)cc1. The van der Waals surface area contributed by atoms with Gasteiger partial charge >= 0.3 is 0 Å². The average Bonchev–Trinajstić information content (AvgIpc) is 3.36. The predicted octanol–water partition coefficient (Wildman–Crippen LogP) is 2.25. The zero-order valence-electron chi connectivity index (χ0n) is 13.6. The van der Waals surface area contributed by atoms with E-state index >= 15 is 0 Å². The lowest BCUT2D eigenvalue weighted by molar-refractivity contribution is -0.118. The summed E-state index contributed by atoms with van der Waals surface area (Å²) in [5.74, 6) is -0.560. The normalized spacial score (nSPS) is 19.1. The van der Waals surface area contributed by atoms with Gasteiger partial charge in [-0.15, -0.1) is 0 Å². The highest BCUT2D eigenvalue weighted by Crippen LogP contribution is 2.47. The van der Waals surface area contributed by atoms with Crippen LogP contribution in [0.1, 0.15) is 24.8 Å². The van der Waals surface area contributed by atoms with Crippen molar-refractivity contribution in [2.75, 3.05) is 5.32 Å². The molecule has 130 valence electrons. The molecule has 0 bridgehead atoms. The summed E-state index contributed by atoms with van der Waals surface area (Å²) in [5.41, 5.74) is 1.67. The van der Waals surface area contributed by atoms with Crippen LogP contribution >= 0.6 is 0 Å². The molecule has 2 amide bonds. The molecular weight excluding hydrogens is 340 g/mol. The minimum atomic E-state index is -3.87. The highest BCUT2D eigenvalue weighted by molar-refractivity contribution is 7.90. The molecule has 0 unspecified atom stereocenters. The fourth-order valence-electron chi connectivity index (χ4n) is 2.75. The van der Waals surface area contributed by atoms with E-state index in [0.717, 1.165) is 18.9 Å². The Morgan fingerprint density at radius 3 is 2.24 bits per heavy atom. The molecule has 2 atom stereocenters. The summed E-state index contributed by atoms with van der Waals surface area (Å²) in [5, 5.41) is 2.80. The Labute approximate surface area is 146 Å². The molecule has 0 heterocycles. The molecule has 0 radical (unpaired) electrons. The van der Waals surface area contributed by atoms with Crippen LogP contribution in [0, 0.1) is 5.92 Å². The molecule has 3 rings (SSSR count). The van der Waals surface area contributed by atoms with E-state index in [2.05, 4.69) is 5.32 Å². The summed E-state index contributed by atoms with van der Waals surface area (Å²) >= 11 is 0. The van der Waals surface area contributed by atoms with Crippen LogP contribution in [0.3, 0.4) is 0 Å². The van der Waals surface area contributed by atoms with Gasteiger partial charge in [-0.05, 0) is 42.2 Å². The Bertz CT molecular complexity index is 892. The van der Waals surface area contributed by atoms with Gasteiger partial charge < -0.3 is 5.32 Å². The van der Waals surface area contributed by atoms with Crippen molar-refractivity contribution >= 4 is 27.5 Å². The Balaban J connectivity index is 1.63. The van der Waals surface area contributed by atoms with Crippen molar-refractivity contribution in [2.45, 2.75) is 24.2 Å². The molecule has 2 aromatic carbocycles. The first-order valence-corrected chi connectivity index (χ1v) is 9.34. The highest BCUT2D eigenvalue weighted by Gasteiger charge is 2.43. The summed E-state index contributed by atoms with van der Waals surface area (Å²) in [6, 6.07) is 15.6. The van der Waals surface area contributed by atoms with Crippen molar-refractivity contribution in [3.05, 3.63) is 60.2 Å². The van der Waals surface area contributed by atoms with Gasteiger partial charge in [0.2, 0.25) is 11.8 Å². The third-order valence-corrected chi connectivity index (χ3v) is 5.51. The standard InChI is InChI=1S/C18H18N2O4S/c1-12(21)20-25(23,24)15-9-7-14(8-10-15)19-18(22)17-11-16(17)13-5-3-2-4-6-13/h2-10,16-17H,11H2,1H3,(H,19,22)(H,20,21)/t16-,17-/m0/s1. The molecular formula is C18H18N2O4S. The van der Waals surface area contributed by atoms with Gasteiger partial charge in [0.05, 0.1) is 4.90 Å². The number of sulfonamides is 1. The maximum Gasteiger partial charge on any atom is 0.264 e. The molecule has 0 aromatic heterocycles. The van der Waals surface area contributed by atoms with Crippen LogP contribution < -0.4 is 10.0 Å². The molecule has 1 fully saturated rings. The summed E-state index contributed by atoms with van der Waals surface area (Å²) in [4.78, 5) is 23.2. The van der Waals surface area contributed by atoms with Crippen molar-refractivity contribution in [2.24, 2.45) is 5.92 Å². The Morgan fingerprint density at radius 1 is 1.00 bits per heavy atom. The topological polar surface area (TPSA) is 92.3 Å². The van der Waals surface area contributed by atoms with E-state index in [1.807, 2.05) is 35.1 Å². The minimum Gasteiger partial charge on any atom is -0.326 e. The van der Waals surface area contributed by atoms with Gasteiger partial charge in [-0.3, -0.25) is 9.59 Å². The number of carbonyl (C=O) groups is 2. The molecule has 25 heavy (non-hydrogen) atoms. The van der Waals surface area contributed by atoms with Crippen LogP contribution in [0.2, 0.25) is 0 Å². The van der Waals surface area contributed by atoms with E-state index in [4.69, 9.17) is 0 Å². The van der Waals surface area contributed by atoms with Crippen LogP contribution in [-0.4, -0.2) is 20.2 Å². The third kappa shape index (κ3) is 4.06. The first kappa shape index (κ1) is 17.2. The van der Waals surface area contributed by atoms with Gasteiger partial charge in [0.1, 0.15) is 0 Å². The Hall–Kier alpha value is -2.67. The molecule has 7 heteroatoms. The summed E-state index contributed by atoms with van der Waals surface area (Å²) in [7, 11) is -3.87. The fourth-order valence-corrected chi connectivity index (χ4v) is 3.74. The first-order valence-electron chi connectivity index (χ1n) is 7.86. The van der Waals surface area contributed by atoms with E-state index < -0.39 is 15.9 Å². The van der Waals surface area contributed by atoms with Crippen molar-refractivity contribution in [1.29, 1.82) is 0 Å². The molecule has 0 aliphatic heterocycles. The van der Waals surface area contributed by atoms with E-state index in [9.17, 15) is 18.0 Å². The Kier molecular flexibility index (Phi) is 4.59. The lowest BCUT2D eigenvalue weighted by Gasteiger charge is -2.08. The number of rotatable bonds is 5. The largest absolute Gasteiger partial charge is 0.326 e. The van der Waals surface area contributed by atoms with Gasteiger partial charge in [0.15, 0.2) is 0 Å². The average molecular weight is 358 g/mol. The molecule has 2 N–H and O–H groups in total. The van der Waals surface area contributed by atoms with Crippen LogP contribution in [0.5, 0.6) is 0 Å². The predicted molar refractivity (Wildman–Crippen MR) is 93.4 cm³/mol. The molecule has 1 aliphatic rings. The third-order valence-electron chi connectivity index (χ3n) is 4.07. The number of amides is 2. The van der Waals surface area contributed by atoms with Gasteiger partial charge in [0, 0.05) is 18.5 Å². The number of nitrogens with one attached hydrogen (secondary N) is 2. The van der Waals surface area contributed by atoms with Crippen molar-refractivity contribution in [1.82, 2.24) is 4.72 Å². The number of hydrogen-bond acceptors (Lipinski definition) is 4. The minimum absolute atomic E-state index is 0.0331. The molecule has 6 nitrogen and oxygen atoms in total. The van der Waals surface area contributed by atoms with Gasteiger partial charge in [-0.25, -0.2) is 13.1 Å². The van der Waals surface area contributed by atoms with Crippen molar-refractivity contribution < 1.29 is 18.0 Å². The molecule has 0 saturated heterocycles. The number of anilines is 1. The first-order chi connectivity index (χ1) is 11.9. The van der Waals surface area contributed by atoms with Crippen molar-refractivity contribution in [3.8, 4) is 0 Å². The van der Waals surface area contributed by atoms with E-state index in [1.165, 1.54) is 24.3 Å².